The third-order valence-electron chi connectivity index (χ3n) is 2.05. The van der Waals surface area contributed by atoms with Crippen molar-refractivity contribution in [1.29, 1.82) is 0 Å². The zero-order valence-corrected chi connectivity index (χ0v) is 9.64. The molecule has 0 amide bonds. The van der Waals surface area contributed by atoms with Crippen LogP contribution in [0.1, 0.15) is 6.92 Å². The number of benzene rings is 1. The summed E-state index contributed by atoms with van der Waals surface area (Å²) in [6.07, 6.45) is 0. The largest absolute Gasteiger partial charge is 0.480 e. The molecule has 88 valence electrons. The summed E-state index contributed by atoms with van der Waals surface area (Å²) in [7, 11) is -3.69. The summed E-state index contributed by atoms with van der Waals surface area (Å²) >= 11 is 0. The molecule has 1 N–H and O–H groups in total. The molecule has 0 bridgehead atoms. The van der Waals surface area contributed by atoms with Gasteiger partial charge in [-0.25, -0.2) is 8.42 Å². The average molecular weight is 243 g/mol. The Morgan fingerprint density at radius 1 is 1.31 bits per heavy atom. The van der Waals surface area contributed by atoms with Gasteiger partial charge < -0.3 is 5.11 Å². The Hall–Kier alpha value is -1.40. The van der Waals surface area contributed by atoms with Crippen molar-refractivity contribution >= 4 is 16.0 Å². The van der Waals surface area contributed by atoms with Gasteiger partial charge in [0.2, 0.25) is 10.0 Å². The molecule has 0 heterocycles. The van der Waals surface area contributed by atoms with Gasteiger partial charge in [0.15, 0.2) is 0 Å². The number of carboxylic acids is 1. The van der Waals surface area contributed by atoms with Gasteiger partial charge in [0.25, 0.3) is 0 Å². The summed E-state index contributed by atoms with van der Waals surface area (Å²) in [4.78, 5) is 10.6. The van der Waals surface area contributed by atoms with E-state index in [1.54, 1.807) is 25.1 Å². The van der Waals surface area contributed by atoms with Gasteiger partial charge in [-0.05, 0) is 12.1 Å². The third-order valence-corrected chi connectivity index (χ3v) is 3.98. The van der Waals surface area contributed by atoms with Crippen LogP contribution in [-0.4, -0.2) is 36.9 Å². The van der Waals surface area contributed by atoms with E-state index in [0.29, 0.717) is 0 Å². The minimum Gasteiger partial charge on any atom is -0.480 e. The molecule has 0 aromatic heterocycles. The second-order valence-corrected chi connectivity index (χ2v) is 5.08. The summed E-state index contributed by atoms with van der Waals surface area (Å²) in [5.41, 5.74) is 0. The number of nitrogens with zero attached hydrogens (tertiary/aromatic N) is 1. The molecule has 1 rings (SSSR count). The van der Waals surface area contributed by atoms with Crippen molar-refractivity contribution in [2.75, 3.05) is 13.1 Å². The predicted molar refractivity (Wildman–Crippen MR) is 58.5 cm³/mol. The van der Waals surface area contributed by atoms with Gasteiger partial charge in [0.1, 0.15) is 6.54 Å². The van der Waals surface area contributed by atoms with Gasteiger partial charge in [-0.15, -0.1) is 0 Å². The van der Waals surface area contributed by atoms with Crippen LogP contribution in [0.3, 0.4) is 0 Å². The van der Waals surface area contributed by atoms with Crippen molar-refractivity contribution in [3.8, 4) is 0 Å². The number of hydrogen-bond donors (Lipinski definition) is 1. The molecule has 0 aliphatic carbocycles. The first-order chi connectivity index (χ1) is 7.48. The van der Waals surface area contributed by atoms with E-state index in [4.69, 9.17) is 5.11 Å². The number of carboxylic acid groups (broad SMARTS) is 1. The molecule has 5 nitrogen and oxygen atoms in total. The number of sulfonamides is 1. The predicted octanol–water partition coefficient (Wildman–Crippen LogP) is 0.782. The molecule has 0 saturated heterocycles. The van der Waals surface area contributed by atoms with E-state index in [9.17, 15) is 13.2 Å². The number of rotatable bonds is 5. The maximum Gasteiger partial charge on any atom is 0.318 e. The van der Waals surface area contributed by atoms with Crippen molar-refractivity contribution < 1.29 is 18.3 Å². The zero-order chi connectivity index (χ0) is 12.2. The molecular formula is C10H13NO4S. The van der Waals surface area contributed by atoms with E-state index in [1.165, 1.54) is 12.1 Å². The van der Waals surface area contributed by atoms with Crippen molar-refractivity contribution in [3.05, 3.63) is 30.3 Å². The lowest BCUT2D eigenvalue weighted by Gasteiger charge is -2.18. The quantitative estimate of drug-likeness (QED) is 0.829. The highest BCUT2D eigenvalue weighted by Gasteiger charge is 2.24. The molecule has 6 heteroatoms. The summed E-state index contributed by atoms with van der Waals surface area (Å²) in [5, 5.41) is 8.62. The van der Waals surface area contributed by atoms with Crippen molar-refractivity contribution in [2.24, 2.45) is 0 Å². The lowest BCUT2D eigenvalue weighted by atomic mass is 10.4. The molecule has 0 saturated carbocycles. The van der Waals surface area contributed by atoms with E-state index in [0.717, 1.165) is 4.31 Å². The van der Waals surface area contributed by atoms with Crippen molar-refractivity contribution in [3.63, 3.8) is 0 Å². The molecular weight excluding hydrogens is 230 g/mol. The van der Waals surface area contributed by atoms with Gasteiger partial charge >= 0.3 is 5.97 Å². The van der Waals surface area contributed by atoms with Gasteiger partial charge in [0.05, 0.1) is 4.90 Å². The molecule has 1 aromatic carbocycles. The van der Waals surface area contributed by atoms with Crippen LogP contribution in [0.2, 0.25) is 0 Å². The Morgan fingerprint density at radius 3 is 2.31 bits per heavy atom. The Balaban J connectivity index is 3.05. The maximum atomic E-state index is 12.0. The standard InChI is InChI=1S/C10H13NO4S/c1-2-11(8-10(12)13)16(14,15)9-6-4-3-5-7-9/h3-7H,2,8H2,1H3,(H,12,13). The maximum absolute atomic E-state index is 12.0. The molecule has 16 heavy (non-hydrogen) atoms. The molecule has 0 unspecified atom stereocenters. The summed E-state index contributed by atoms with van der Waals surface area (Å²) in [6, 6.07) is 7.79. The number of likely N-dealkylation sites (N-methyl/N-ethyl adjacent to an activating group) is 1. The van der Waals surface area contributed by atoms with E-state index < -0.39 is 22.5 Å². The fraction of sp³-hybridized carbons (Fsp3) is 0.300. The molecule has 0 aliphatic heterocycles. The lowest BCUT2D eigenvalue weighted by Crippen LogP contribution is -2.35. The Kier molecular flexibility index (Phi) is 4.03. The van der Waals surface area contributed by atoms with E-state index >= 15 is 0 Å². The van der Waals surface area contributed by atoms with Gasteiger partial charge in [-0.3, -0.25) is 4.79 Å². The van der Waals surface area contributed by atoms with Crippen LogP contribution < -0.4 is 0 Å². The Labute approximate surface area is 94.4 Å². The minimum atomic E-state index is -3.69. The molecule has 0 fully saturated rings. The van der Waals surface area contributed by atoms with Crippen LogP contribution >= 0.6 is 0 Å². The topological polar surface area (TPSA) is 74.7 Å². The average Bonchev–Trinajstić information content (AvgIpc) is 2.26. The van der Waals surface area contributed by atoms with Crippen LogP contribution in [0.25, 0.3) is 0 Å². The first kappa shape index (κ1) is 12.7. The normalized spacial score (nSPS) is 11.6. The third kappa shape index (κ3) is 2.80. The molecule has 0 spiro atoms. The second kappa shape index (κ2) is 5.09. The van der Waals surface area contributed by atoms with Crippen LogP contribution in [0.5, 0.6) is 0 Å². The van der Waals surface area contributed by atoms with E-state index in [-0.39, 0.29) is 11.4 Å². The fourth-order valence-electron chi connectivity index (χ4n) is 1.26. The first-order valence-electron chi connectivity index (χ1n) is 4.75. The van der Waals surface area contributed by atoms with E-state index in [1.807, 2.05) is 0 Å². The fourth-order valence-corrected chi connectivity index (χ4v) is 2.68. The summed E-state index contributed by atoms with van der Waals surface area (Å²) in [5.74, 6) is -1.17. The highest BCUT2D eigenvalue weighted by atomic mass is 32.2. The van der Waals surface area contributed by atoms with E-state index in [2.05, 4.69) is 0 Å². The smallest absolute Gasteiger partial charge is 0.318 e. The van der Waals surface area contributed by atoms with Crippen LogP contribution in [0.4, 0.5) is 0 Å². The first-order valence-corrected chi connectivity index (χ1v) is 6.19. The van der Waals surface area contributed by atoms with Crippen LogP contribution in [0, 0.1) is 0 Å². The molecule has 1 aromatic rings. The van der Waals surface area contributed by atoms with Crippen LogP contribution in [0.15, 0.2) is 35.2 Å². The minimum absolute atomic E-state index is 0.109. The highest BCUT2D eigenvalue weighted by molar-refractivity contribution is 7.89. The monoisotopic (exact) mass is 243 g/mol. The molecule has 0 aliphatic rings. The highest BCUT2D eigenvalue weighted by Crippen LogP contribution is 2.14. The second-order valence-electron chi connectivity index (χ2n) is 3.14. The molecule has 0 atom stereocenters. The van der Waals surface area contributed by atoms with Gasteiger partial charge in [-0.1, -0.05) is 25.1 Å². The van der Waals surface area contributed by atoms with Crippen molar-refractivity contribution in [1.82, 2.24) is 4.31 Å². The van der Waals surface area contributed by atoms with Gasteiger partial charge in [-0.2, -0.15) is 4.31 Å². The number of carbonyl (C=O) groups is 1. The number of aliphatic carboxylic acids is 1. The van der Waals surface area contributed by atoms with Crippen molar-refractivity contribution in [2.45, 2.75) is 11.8 Å². The Bertz CT molecular complexity index is 455. The Morgan fingerprint density at radius 2 is 1.88 bits per heavy atom. The summed E-state index contributed by atoms with van der Waals surface area (Å²) < 4.78 is 24.8. The number of hydrogen-bond acceptors (Lipinski definition) is 3. The lowest BCUT2D eigenvalue weighted by molar-refractivity contribution is -0.137. The summed E-state index contributed by atoms with van der Waals surface area (Å²) in [6.45, 7) is 1.21. The zero-order valence-electron chi connectivity index (χ0n) is 8.83. The molecule has 0 radical (unpaired) electrons. The van der Waals surface area contributed by atoms with Crippen LogP contribution in [-0.2, 0) is 14.8 Å². The van der Waals surface area contributed by atoms with Gasteiger partial charge in [0, 0.05) is 6.54 Å². The SMILES string of the molecule is CCN(CC(=O)O)S(=O)(=O)c1ccccc1.